The molecule has 0 bridgehead atoms. The van der Waals surface area contributed by atoms with Crippen molar-refractivity contribution in [1.29, 1.82) is 0 Å². The molecule has 2 rings (SSSR count). The molecule has 12 nitrogen and oxygen atoms in total. The van der Waals surface area contributed by atoms with E-state index in [-0.39, 0.29) is 12.8 Å². The summed E-state index contributed by atoms with van der Waals surface area (Å²) in [6, 6.07) is 2.51. The lowest BCUT2D eigenvalue weighted by molar-refractivity contribution is -0.384. The fraction of sp³-hybridized carbons (Fsp3) is 0.421. The third kappa shape index (κ3) is 3.33. The summed E-state index contributed by atoms with van der Waals surface area (Å²) in [7, 11) is -3.65. The lowest BCUT2D eigenvalue weighted by Crippen LogP contribution is -2.85. The molecule has 1 aromatic rings. The van der Waals surface area contributed by atoms with Crippen LogP contribution in [0.15, 0.2) is 41.3 Å². The Morgan fingerprint density at radius 1 is 1.19 bits per heavy atom. The number of carboxylic acid groups (broad SMARTS) is 2. The molecule has 0 spiro atoms. The van der Waals surface area contributed by atoms with Crippen LogP contribution in [0.4, 0.5) is 5.69 Å². The van der Waals surface area contributed by atoms with E-state index in [1.807, 2.05) is 0 Å². The monoisotopic (exact) mass is 470 g/mol. The highest BCUT2D eigenvalue weighted by molar-refractivity contribution is 7.89. The molecular formula is C19H22N2O10S. The summed E-state index contributed by atoms with van der Waals surface area (Å²) in [5.41, 5.74) is -5.14. The maximum absolute atomic E-state index is 13.4. The van der Waals surface area contributed by atoms with Crippen LogP contribution in [-0.2, 0) is 29.1 Å². The van der Waals surface area contributed by atoms with Crippen LogP contribution in [0.5, 0.6) is 0 Å². The van der Waals surface area contributed by atoms with Crippen molar-refractivity contribution in [3.05, 3.63) is 46.5 Å². The van der Waals surface area contributed by atoms with Gasteiger partial charge in [-0.05, 0) is 25.0 Å². The minimum atomic E-state index is -4.73. The Hall–Kier alpha value is -3.32. The molecule has 1 aliphatic heterocycles. The van der Waals surface area contributed by atoms with Crippen molar-refractivity contribution in [3.63, 3.8) is 0 Å². The maximum Gasteiger partial charge on any atom is 0.337 e. The molecule has 0 aliphatic carbocycles. The minimum absolute atomic E-state index is 0.0217. The molecule has 1 heterocycles. The maximum atomic E-state index is 13.4. The molecule has 0 aromatic heterocycles. The van der Waals surface area contributed by atoms with Gasteiger partial charge in [0.2, 0.25) is 15.6 Å². The van der Waals surface area contributed by atoms with Crippen LogP contribution in [0.3, 0.4) is 0 Å². The third-order valence-corrected chi connectivity index (χ3v) is 7.71. The van der Waals surface area contributed by atoms with Crippen LogP contribution in [0.2, 0.25) is 0 Å². The van der Waals surface area contributed by atoms with Crippen molar-refractivity contribution in [2.24, 2.45) is 5.41 Å². The number of benzene rings is 1. The largest absolute Gasteiger partial charge is 0.479 e. The highest BCUT2D eigenvalue weighted by atomic mass is 32.2. The van der Waals surface area contributed by atoms with Crippen molar-refractivity contribution < 1.29 is 42.7 Å². The molecule has 0 saturated carbocycles. The minimum Gasteiger partial charge on any atom is -0.479 e. The lowest BCUT2D eigenvalue weighted by atomic mass is 9.54. The van der Waals surface area contributed by atoms with E-state index in [0.717, 1.165) is 43.5 Å². The average molecular weight is 470 g/mol. The molecule has 0 amide bonds. The standard InChI is InChI=1S/C19H22N2O10S/c1-4-14-18(5-2,11-10-15(22)31-3)19(16(23)24,17(25)26)20(14)32(29,30)13-8-6-12(7-9-13)21(27)28/h6-11,14H,4-5H2,1-3H3,(H,23,24)(H,25,26). The molecule has 1 aliphatic rings. The first-order chi connectivity index (χ1) is 14.9. The zero-order chi connectivity index (χ0) is 24.5. The summed E-state index contributed by atoms with van der Waals surface area (Å²) in [4.78, 5) is 46.1. The first-order valence-electron chi connectivity index (χ1n) is 9.41. The number of hydrogen-bond acceptors (Lipinski definition) is 8. The Morgan fingerprint density at radius 3 is 2.09 bits per heavy atom. The topological polar surface area (TPSA) is 181 Å². The molecule has 0 radical (unpaired) electrons. The van der Waals surface area contributed by atoms with Crippen LogP contribution in [0, 0.1) is 15.5 Å². The van der Waals surface area contributed by atoms with Crippen LogP contribution in [-0.4, -0.2) is 64.5 Å². The van der Waals surface area contributed by atoms with Gasteiger partial charge in [0.1, 0.15) is 0 Å². The Kier molecular flexibility index (Phi) is 6.76. The summed E-state index contributed by atoms with van der Waals surface area (Å²) in [6.45, 7) is 3.04. The SMILES string of the molecule is CCC1N(S(=O)(=O)c2ccc([N+](=O)[O-])cc2)C(C(=O)O)(C(=O)O)C1(C=CC(=O)OC)CC. The van der Waals surface area contributed by atoms with E-state index in [0.29, 0.717) is 4.31 Å². The van der Waals surface area contributed by atoms with E-state index in [4.69, 9.17) is 0 Å². The number of non-ortho nitro benzene ring substituents is 1. The molecule has 174 valence electrons. The number of nitro groups is 1. The van der Waals surface area contributed by atoms with Crippen LogP contribution >= 0.6 is 0 Å². The first kappa shape index (κ1) is 24.9. The first-order valence-corrected chi connectivity index (χ1v) is 10.8. The van der Waals surface area contributed by atoms with Crippen molar-refractivity contribution in [3.8, 4) is 0 Å². The number of sulfonamides is 1. The van der Waals surface area contributed by atoms with Gasteiger partial charge >= 0.3 is 17.9 Å². The number of carboxylic acids is 2. The van der Waals surface area contributed by atoms with Crippen molar-refractivity contribution in [1.82, 2.24) is 4.31 Å². The number of ether oxygens (including phenoxy) is 1. The number of methoxy groups -OCH3 is 1. The van der Waals surface area contributed by atoms with Gasteiger partial charge in [0.15, 0.2) is 0 Å². The number of hydrogen-bond donors (Lipinski definition) is 2. The Labute approximate surface area is 183 Å². The number of carbonyl (C=O) groups is 3. The average Bonchev–Trinajstić information content (AvgIpc) is 2.72. The molecule has 1 saturated heterocycles. The van der Waals surface area contributed by atoms with E-state index < -0.39 is 60.4 Å². The van der Waals surface area contributed by atoms with E-state index in [1.165, 1.54) is 6.92 Å². The number of rotatable bonds is 9. The van der Waals surface area contributed by atoms with Gasteiger partial charge in [-0.1, -0.05) is 19.9 Å². The second kappa shape index (κ2) is 8.67. The zero-order valence-corrected chi connectivity index (χ0v) is 18.2. The Morgan fingerprint density at radius 2 is 1.72 bits per heavy atom. The van der Waals surface area contributed by atoms with Crippen LogP contribution < -0.4 is 0 Å². The van der Waals surface area contributed by atoms with E-state index in [2.05, 4.69) is 4.74 Å². The highest BCUT2D eigenvalue weighted by Gasteiger charge is 2.80. The van der Waals surface area contributed by atoms with E-state index in [9.17, 15) is 43.1 Å². The number of carbonyl (C=O) groups excluding carboxylic acids is 1. The highest BCUT2D eigenvalue weighted by Crippen LogP contribution is 2.59. The number of nitro benzene ring substituents is 1. The fourth-order valence-corrected chi connectivity index (χ4v) is 6.42. The molecular weight excluding hydrogens is 448 g/mol. The number of aliphatic carboxylic acids is 2. The molecule has 1 aromatic carbocycles. The van der Waals surface area contributed by atoms with Gasteiger partial charge in [-0.3, -0.25) is 10.1 Å². The second-order valence-corrected chi connectivity index (χ2v) is 8.86. The quantitative estimate of drug-likeness (QED) is 0.176. The predicted molar refractivity (Wildman–Crippen MR) is 108 cm³/mol. The summed E-state index contributed by atoms with van der Waals surface area (Å²) in [5, 5.41) is 30.9. The van der Waals surface area contributed by atoms with Crippen molar-refractivity contribution in [2.75, 3.05) is 7.11 Å². The van der Waals surface area contributed by atoms with Crippen molar-refractivity contribution in [2.45, 2.75) is 43.2 Å². The van der Waals surface area contributed by atoms with Gasteiger partial charge in [-0.2, -0.15) is 4.31 Å². The van der Waals surface area contributed by atoms with E-state index in [1.54, 1.807) is 6.92 Å². The molecule has 13 heteroatoms. The number of esters is 1. The van der Waals surface area contributed by atoms with Gasteiger partial charge in [-0.25, -0.2) is 22.8 Å². The molecule has 2 unspecified atom stereocenters. The molecule has 1 fully saturated rings. The summed E-state index contributed by atoms with van der Waals surface area (Å²) < 4.78 is 31.7. The fourth-order valence-electron chi connectivity index (χ4n) is 4.36. The molecule has 2 atom stereocenters. The van der Waals surface area contributed by atoms with Gasteiger partial charge < -0.3 is 14.9 Å². The zero-order valence-electron chi connectivity index (χ0n) is 17.4. The van der Waals surface area contributed by atoms with Gasteiger partial charge in [0.05, 0.1) is 16.9 Å². The van der Waals surface area contributed by atoms with Crippen LogP contribution in [0.1, 0.15) is 26.7 Å². The van der Waals surface area contributed by atoms with Crippen molar-refractivity contribution >= 4 is 33.6 Å². The van der Waals surface area contributed by atoms with E-state index >= 15 is 0 Å². The smallest absolute Gasteiger partial charge is 0.337 e. The van der Waals surface area contributed by atoms with Gasteiger partial charge in [0, 0.05) is 29.7 Å². The second-order valence-electron chi connectivity index (χ2n) is 7.05. The summed E-state index contributed by atoms with van der Waals surface area (Å²) in [6.07, 6.45) is 1.86. The van der Waals surface area contributed by atoms with Gasteiger partial charge in [-0.15, -0.1) is 0 Å². The van der Waals surface area contributed by atoms with Crippen LogP contribution in [0.25, 0.3) is 0 Å². The Balaban J connectivity index is 2.79. The predicted octanol–water partition coefficient (Wildman–Crippen LogP) is 1.41. The number of nitrogens with zero attached hydrogens (tertiary/aromatic N) is 2. The molecule has 2 N–H and O–H groups in total. The summed E-state index contributed by atoms with van der Waals surface area (Å²) in [5.74, 6) is -4.73. The third-order valence-electron chi connectivity index (χ3n) is 5.79. The Bertz CT molecular complexity index is 1070. The molecule has 32 heavy (non-hydrogen) atoms. The van der Waals surface area contributed by atoms with Gasteiger partial charge in [0.25, 0.3) is 5.69 Å². The normalized spacial score (nSPS) is 22.8. The summed E-state index contributed by atoms with van der Waals surface area (Å²) >= 11 is 0. The lowest BCUT2D eigenvalue weighted by Gasteiger charge is -2.64.